The minimum atomic E-state index is -0.868. The molecule has 0 aliphatic heterocycles. The molecule has 3 N–H and O–H groups in total. The molecule has 1 amide bonds. The van der Waals surface area contributed by atoms with Gasteiger partial charge in [0.25, 0.3) is 0 Å². The van der Waals surface area contributed by atoms with E-state index in [1.165, 1.54) is 161 Å². The van der Waals surface area contributed by atoms with Crippen LogP contribution in [-0.2, 0) is 4.79 Å². The van der Waals surface area contributed by atoms with Crippen molar-refractivity contribution >= 4 is 5.91 Å². The largest absolute Gasteiger partial charge is 0.394 e. The van der Waals surface area contributed by atoms with Crippen LogP contribution < -0.4 is 5.32 Å². The third-order valence-electron chi connectivity index (χ3n) is 11.4. The molecule has 0 heterocycles. The first kappa shape index (κ1) is 57.6. The molecule has 2 unspecified atom stereocenters. The molecule has 0 aromatic heterocycles. The van der Waals surface area contributed by atoms with E-state index >= 15 is 0 Å². The summed E-state index contributed by atoms with van der Waals surface area (Å²) in [6, 6.07) is -0.646. The van der Waals surface area contributed by atoms with E-state index in [-0.39, 0.29) is 12.5 Å². The number of aliphatic hydroxyl groups excluding tert-OH is 2. The molecule has 4 nitrogen and oxygen atoms in total. The first-order valence-corrected chi connectivity index (χ1v) is 25.8. The fourth-order valence-corrected chi connectivity index (χ4v) is 7.46. The molecule has 60 heavy (non-hydrogen) atoms. The van der Waals surface area contributed by atoms with E-state index in [9.17, 15) is 15.0 Å². The number of nitrogens with one attached hydrogen (secondary N) is 1. The summed E-state index contributed by atoms with van der Waals surface area (Å²) in [5, 5.41) is 23.1. The van der Waals surface area contributed by atoms with Gasteiger partial charge in [-0.25, -0.2) is 0 Å². The van der Waals surface area contributed by atoms with E-state index < -0.39 is 12.1 Å². The molecule has 0 aliphatic rings. The van der Waals surface area contributed by atoms with Gasteiger partial charge in [0, 0.05) is 6.42 Å². The number of carbonyl (C=O) groups is 1. The van der Waals surface area contributed by atoms with Gasteiger partial charge in [-0.15, -0.1) is 0 Å². The van der Waals surface area contributed by atoms with E-state index in [1.807, 2.05) is 6.08 Å². The van der Waals surface area contributed by atoms with Crippen LogP contribution in [0.1, 0.15) is 245 Å². The van der Waals surface area contributed by atoms with Gasteiger partial charge >= 0.3 is 0 Å². The Bertz CT molecular complexity index is 1080. The Labute approximate surface area is 373 Å². The van der Waals surface area contributed by atoms with E-state index in [4.69, 9.17) is 0 Å². The lowest BCUT2D eigenvalue weighted by Crippen LogP contribution is -2.45. The molecule has 0 fully saturated rings. The van der Waals surface area contributed by atoms with E-state index in [0.29, 0.717) is 6.42 Å². The fraction of sp³-hybridized carbons (Fsp3) is 0.732. The zero-order valence-corrected chi connectivity index (χ0v) is 39.7. The smallest absolute Gasteiger partial charge is 0.220 e. The topological polar surface area (TPSA) is 69.6 Å². The molecule has 0 aromatic carbocycles. The SMILES string of the molecule is CC/C=C\C/C=C\C/C=C\C/C=C\C/C=C\CCCCCCCCCCCCCC(=O)NC(CO)C(O)/C=C/CC/C=C/CCCCCCCCCCCCCCCCC. The number of amides is 1. The van der Waals surface area contributed by atoms with Crippen molar-refractivity contribution in [3.8, 4) is 0 Å². The third kappa shape index (κ3) is 46.6. The lowest BCUT2D eigenvalue weighted by atomic mass is 10.0. The molecule has 4 heteroatoms. The fourth-order valence-electron chi connectivity index (χ4n) is 7.46. The molecule has 2 atom stereocenters. The molecule has 0 rings (SSSR count). The summed E-state index contributed by atoms with van der Waals surface area (Å²) < 4.78 is 0. The van der Waals surface area contributed by atoms with Gasteiger partial charge in [-0.3, -0.25) is 4.79 Å². The Morgan fingerprint density at radius 3 is 1.17 bits per heavy atom. The van der Waals surface area contributed by atoms with Crippen LogP contribution in [0.3, 0.4) is 0 Å². The number of carbonyl (C=O) groups excluding carboxylic acids is 1. The van der Waals surface area contributed by atoms with Crippen molar-refractivity contribution in [2.24, 2.45) is 0 Å². The van der Waals surface area contributed by atoms with Crippen molar-refractivity contribution in [1.29, 1.82) is 0 Å². The quantitative estimate of drug-likeness (QED) is 0.0423. The van der Waals surface area contributed by atoms with Gasteiger partial charge in [0.05, 0.1) is 18.8 Å². The lowest BCUT2D eigenvalue weighted by molar-refractivity contribution is -0.123. The normalized spacial score (nSPS) is 13.6. The van der Waals surface area contributed by atoms with E-state index in [0.717, 1.165) is 64.2 Å². The molecule has 0 aromatic rings. The second kappa shape index (κ2) is 50.9. The van der Waals surface area contributed by atoms with Gasteiger partial charge in [-0.05, 0) is 77.0 Å². The maximum Gasteiger partial charge on any atom is 0.220 e. The first-order valence-electron chi connectivity index (χ1n) is 25.8. The first-order chi connectivity index (χ1) is 29.7. The summed E-state index contributed by atoms with van der Waals surface area (Å²) >= 11 is 0. The van der Waals surface area contributed by atoms with Crippen LogP contribution in [0, 0.1) is 0 Å². The molecule has 0 spiro atoms. The average molecular weight is 834 g/mol. The van der Waals surface area contributed by atoms with Crippen LogP contribution in [0.2, 0.25) is 0 Å². The maximum absolute atomic E-state index is 12.4. The summed E-state index contributed by atoms with van der Waals surface area (Å²) in [4.78, 5) is 12.4. The predicted molar refractivity (Wildman–Crippen MR) is 267 cm³/mol. The zero-order valence-electron chi connectivity index (χ0n) is 39.7. The molecule has 0 saturated heterocycles. The highest BCUT2D eigenvalue weighted by Crippen LogP contribution is 2.15. The average Bonchev–Trinajstić information content (AvgIpc) is 3.25. The highest BCUT2D eigenvalue weighted by Gasteiger charge is 2.17. The summed E-state index contributed by atoms with van der Waals surface area (Å²) in [6.07, 6.45) is 74.3. The number of hydrogen-bond donors (Lipinski definition) is 3. The summed E-state index contributed by atoms with van der Waals surface area (Å²) in [5.74, 6) is -0.0791. The minimum Gasteiger partial charge on any atom is -0.394 e. The maximum atomic E-state index is 12.4. The Balaban J connectivity index is 3.60. The molecular weight excluding hydrogens is 735 g/mol. The van der Waals surface area contributed by atoms with Crippen LogP contribution >= 0.6 is 0 Å². The van der Waals surface area contributed by atoms with Gasteiger partial charge in [-0.2, -0.15) is 0 Å². The molecule has 0 aliphatic carbocycles. The van der Waals surface area contributed by atoms with E-state index in [2.05, 4.69) is 92.1 Å². The number of rotatable bonds is 46. The standard InChI is InChI=1S/C56H99NO3/c1-3-5-7-9-11-13-15-17-19-21-23-25-26-27-28-29-30-32-34-36-38-40-42-44-46-48-50-52-56(60)57-54(53-58)55(59)51-49-47-45-43-41-39-37-35-33-31-24-22-20-18-16-14-12-10-8-6-4-2/h5,7,11,13,17,19,23,25,27-28,41,43,49,51,54-55,58-59H,3-4,6,8-10,12,14-16,18,20-22,24,26,29-40,42,44-48,50,52-53H2,1-2H3,(H,57,60)/b7-5-,13-11-,19-17-,25-23-,28-27-,43-41+,51-49+. The number of unbranched alkanes of at least 4 members (excludes halogenated alkanes) is 27. The van der Waals surface area contributed by atoms with Crippen LogP contribution in [0.25, 0.3) is 0 Å². The second-order valence-electron chi connectivity index (χ2n) is 17.2. The van der Waals surface area contributed by atoms with E-state index in [1.54, 1.807) is 6.08 Å². The third-order valence-corrected chi connectivity index (χ3v) is 11.4. The zero-order chi connectivity index (χ0) is 43.5. The van der Waals surface area contributed by atoms with Crippen molar-refractivity contribution in [2.45, 2.75) is 257 Å². The Morgan fingerprint density at radius 1 is 0.417 bits per heavy atom. The molecule has 0 bridgehead atoms. The van der Waals surface area contributed by atoms with Crippen molar-refractivity contribution < 1.29 is 15.0 Å². The summed E-state index contributed by atoms with van der Waals surface area (Å²) in [7, 11) is 0. The molecule has 0 saturated carbocycles. The number of allylic oxidation sites excluding steroid dienone is 13. The molecule has 0 radical (unpaired) electrons. The van der Waals surface area contributed by atoms with Gasteiger partial charge in [0.1, 0.15) is 0 Å². The van der Waals surface area contributed by atoms with Crippen LogP contribution in [-0.4, -0.2) is 34.9 Å². The van der Waals surface area contributed by atoms with Crippen molar-refractivity contribution in [3.63, 3.8) is 0 Å². The van der Waals surface area contributed by atoms with Crippen molar-refractivity contribution in [3.05, 3.63) is 85.1 Å². The van der Waals surface area contributed by atoms with Gasteiger partial charge in [-0.1, -0.05) is 247 Å². The van der Waals surface area contributed by atoms with Crippen LogP contribution in [0.5, 0.6) is 0 Å². The van der Waals surface area contributed by atoms with Crippen molar-refractivity contribution in [2.75, 3.05) is 6.61 Å². The lowest BCUT2D eigenvalue weighted by Gasteiger charge is -2.19. The highest BCUT2D eigenvalue weighted by atomic mass is 16.3. The van der Waals surface area contributed by atoms with Crippen LogP contribution in [0.15, 0.2) is 85.1 Å². The monoisotopic (exact) mass is 834 g/mol. The molecule has 346 valence electrons. The van der Waals surface area contributed by atoms with Crippen molar-refractivity contribution in [1.82, 2.24) is 5.32 Å². The Hall–Kier alpha value is -2.43. The minimum absolute atomic E-state index is 0.0791. The number of hydrogen-bond acceptors (Lipinski definition) is 3. The Kier molecular flexibility index (Phi) is 48.9. The Morgan fingerprint density at radius 2 is 0.750 bits per heavy atom. The second-order valence-corrected chi connectivity index (χ2v) is 17.2. The number of aliphatic hydroxyl groups is 2. The molecular formula is C56H99NO3. The highest BCUT2D eigenvalue weighted by molar-refractivity contribution is 5.76. The summed E-state index contributed by atoms with van der Waals surface area (Å²) in [6.45, 7) is 4.19. The van der Waals surface area contributed by atoms with Gasteiger partial charge in [0.2, 0.25) is 5.91 Å². The van der Waals surface area contributed by atoms with Gasteiger partial charge < -0.3 is 15.5 Å². The summed E-state index contributed by atoms with van der Waals surface area (Å²) in [5.41, 5.74) is 0. The predicted octanol–water partition coefficient (Wildman–Crippen LogP) is 16.8. The van der Waals surface area contributed by atoms with Gasteiger partial charge in [0.15, 0.2) is 0 Å². The van der Waals surface area contributed by atoms with Crippen LogP contribution in [0.4, 0.5) is 0 Å².